The van der Waals surface area contributed by atoms with Crippen molar-refractivity contribution in [2.45, 2.75) is 31.6 Å². The van der Waals surface area contributed by atoms with E-state index >= 15 is 0 Å². The quantitative estimate of drug-likeness (QED) is 0.674. The van der Waals surface area contributed by atoms with Crippen molar-refractivity contribution in [2.24, 2.45) is 0 Å². The molecule has 0 aromatic heterocycles. The maximum Gasteiger partial charge on any atom is 0.119 e. The Morgan fingerprint density at radius 2 is 2.21 bits per heavy atom. The van der Waals surface area contributed by atoms with Crippen molar-refractivity contribution >= 4 is 11.6 Å². The predicted molar refractivity (Wildman–Crippen MR) is 59.2 cm³/mol. The van der Waals surface area contributed by atoms with Crippen molar-refractivity contribution in [2.75, 3.05) is 6.61 Å². The van der Waals surface area contributed by atoms with Crippen LogP contribution in [0.25, 0.3) is 0 Å². The van der Waals surface area contributed by atoms with Gasteiger partial charge in [0.1, 0.15) is 5.75 Å². The summed E-state index contributed by atoms with van der Waals surface area (Å²) in [4.78, 5) is 0. The number of fused-ring (bicyclic) bond motifs is 1. The number of ether oxygens (including phenoxy) is 1. The fourth-order valence-corrected chi connectivity index (χ4v) is 2.55. The van der Waals surface area contributed by atoms with Crippen LogP contribution < -0.4 is 4.74 Å². The molecule has 0 N–H and O–H groups in total. The van der Waals surface area contributed by atoms with Crippen LogP contribution >= 0.6 is 11.6 Å². The highest BCUT2D eigenvalue weighted by atomic mass is 35.5. The van der Waals surface area contributed by atoms with Crippen LogP contribution in [-0.4, -0.2) is 6.61 Å². The lowest BCUT2D eigenvalue weighted by Gasteiger charge is -2.08. The van der Waals surface area contributed by atoms with Crippen LogP contribution in [0.4, 0.5) is 0 Å². The van der Waals surface area contributed by atoms with Gasteiger partial charge in [0.15, 0.2) is 0 Å². The van der Waals surface area contributed by atoms with Crippen LogP contribution in [0.5, 0.6) is 5.75 Å². The van der Waals surface area contributed by atoms with Gasteiger partial charge in [-0.15, -0.1) is 11.6 Å². The van der Waals surface area contributed by atoms with Gasteiger partial charge < -0.3 is 4.74 Å². The largest absolute Gasteiger partial charge is 0.494 e. The van der Waals surface area contributed by atoms with Gasteiger partial charge in [-0.25, -0.2) is 0 Å². The van der Waals surface area contributed by atoms with E-state index in [2.05, 4.69) is 19.1 Å². The summed E-state index contributed by atoms with van der Waals surface area (Å²) in [5.74, 6) is 1.52. The molecule has 1 aromatic carbocycles. The molecule has 0 spiro atoms. The second-order valence-corrected chi connectivity index (χ2v) is 4.35. The molecule has 0 heterocycles. The number of alkyl halides is 1. The van der Waals surface area contributed by atoms with Crippen LogP contribution in [0.3, 0.4) is 0 Å². The number of benzene rings is 1. The molecule has 76 valence electrons. The Labute approximate surface area is 90.0 Å². The summed E-state index contributed by atoms with van der Waals surface area (Å²) >= 11 is 6.25. The van der Waals surface area contributed by atoms with Crippen molar-refractivity contribution in [3.05, 3.63) is 29.3 Å². The summed E-state index contributed by atoms with van der Waals surface area (Å²) in [6.45, 7) is 4.93. The van der Waals surface area contributed by atoms with Gasteiger partial charge in [0, 0.05) is 0 Å². The molecule has 0 saturated carbocycles. The summed E-state index contributed by atoms with van der Waals surface area (Å²) in [6, 6.07) is 6.27. The molecule has 0 bridgehead atoms. The molecule has 0 saturated heterocycles. The van der Waals surface area contributed by atoms with E-state index in [1.54, 1.807) is 0 Å². The summed E-state index contributed by atoms with van der Waals surface area (Å²) in [5.41, 5.74) is 2.64. The maximum absolute atomic E-state index is 6.25. The highest BCUT2D eigenvalue weighted by Gasteiger charge is 2.26. The fraction of sp³-hybridized carbons (Fsp3) is 0.500. The van der Waals surface area contributed by atoms with Gasteiger partial charge in [0.05, 0.1) is 12.0 Å². The molecule has 1 aliphatic rings. The Kier molecular flexibility index (Phi) is 2.69. The average molecular weight is 211 g/mol. The zero-order valence-electron chi connectivity index (χ0n) is 8.59. The van der Waals surface area contributed by atoms with E-state index in [0.717, 1.165) is 12.2 Å². The highest BCUT2D eigenvalue weighted by Crippen LogP contribution is 2.44. The third-order valence-electron chi connectivity index (χ3n) is 2.80. The van der Waals surface area contributed by atoms with E-state index in [1.807, 2.05) is 13.0 Å². The molecule has 1 nitrogen and oxygen atoms in total. The molecule has 14 heavy (non-hydrogen) atoms. The van der Waals surface area contributed by atoms with Crippen molar-refractivity contribution in [1.29, 1.82) is 0 Å². The molecule has 0 aliphatic heterocycles. The standard InChI is InChI=1S/C12H15ClO/c1-3-14-9-4-5-10-8(2)6-12(13)11(10)7-9/h4-5,7-8,12H,3,6H2,1-2H3. The molecule has 1 aliphatic carbocycles. The van der Waals surface area contributed by atoms with E-state index in [-0.39, 0.29) is 5.38 Å². The third kappa shape index (κ3) is 1.61. The molecule has 2 atom stereocenters. The molecule has 1 aromatic rings. The first-order valence-corrected chi connectivity index (χ1v) is 5.56. The van der Waals surface area contributed by atoms with E-state index < -0.39 is 0 Å². The lowest BCUT2D eigenvalue weighted by atomic mass is 10.0. The molecule has 0 fully saturated rings. The van der Waals surface area contributed by atoms with Gasteiger partial charge in [-0.3, -0.25) is 0 Å². The first-order chi connectivity index (χ1) is 6.72. The minimum atomic E-state index is 0.167. The molecule has 0 radical (unpaired) electrons. The molecule has 0 amide bonds. The van der Waals surface area contributed by atoms with Gasteiger partial charge in [-0.1, -0.05) is 13.0 Å². The van der Waals surface area contributed by atoms with Crippen LogP contribution in [-0.2, 0) is 0 Å². The Balaban J connectivity index is 2.35. The second kappa shape index (κ2) is 3.82. The lowest BCUT2D eigenvalue weighted by molar-refractivity contribution is 0.340. The Morgan fingerprint density at radius 3 is 2.93 bits per heavy atom. The lowest BCUT2D eigenvalue weighted by Crippen LogP contribution is -1.93. The van der Waals surface area contributed by atoms with E-state index in [0.29, 0.717) is 12.5 Å². The second-order valence-electron chi connectivity index (χ2n) is 3.83. The average Bonchev–Trinajstić information content (AvgIpc) is 2.43. The van der Waals surface area contributed by atoms with Crippen LogP contribution in [0, 0.1) is 0 Å². The zero-order chi connectivity index (χ0) is 10.1. The molecule has 2 heteroatoms. The summed E-state index contributed by atoms with van der Waals surface area (Å²) < 4.78 is 5.46. The number of halogens is 1. The highest BCUT2D eigenvalue weighted by molar-refractivity contribution is 6.21. The van der Waals surface area contributed by atoms with Crippen molar-refractivity contribution in [3.63, 3.8) is 0 Å². The summed E-state index contributed by atoms with van der Waals surface area (Å²) in [5, 5.41) is 0.167. The minimum Gasteiger partial charge on any atom is -0.494 e. The monoisotopic (exact) mass is 210 g/mol. The van der Waals surface area contributed by atoms with Crippen LogP contribution in [0.1, 0.15) is 42.7 Å². The maximum atomic E-state index is 6.25. The first kappa shape index (κ1) is 9.85. The van der Waals surface area contributed by atoms with E-state index in [1.165, 1.54) is 11.1 Å². The van der Waals surface area contributed by atoms with Crippen LogP contribution in [0.15, 0.2) is 18.2 Å². The van der Waals surface area contributed by atoms with Gasteiger partial charge in [0.25, 0.3) is 0 Å². The minimum absolute atomic E-state index is 0.167. The van der Waals surface area contributed by atoms with E-state index in [9.17, 15) is 0 Å². The third-order valence-corrected chi connectivity index (χ3v) is 3.21. The Morgan fingerprint density at radius 1 is 1.43 bits per heavy atom. The molecular formula is C12H15ClO. The van der Waals surface area contributed by atoms with E-state index in [4.69, 9.17) is 16.3 Å². The SMILES string of the molecule is CCOc1ccc2c(c1)C(Cl)CC2C. The van der Waals surface area contributed by atoms with Crippen molar-refractivity contribution < 1.29 is 4.74 Å². The molecule has 2 rings (SSSR count). The summed E-state index contributed by atoms with van der Waals surface area (Å²) in [6.07, 6.45) is 1.05. The normalized spacial score (nSPS) is 24.8. The van der Waals surface area contributed by atoms with Gasteiger partial charge in [0.2, 0.25) is 0 Å². The topological polar surface area (TPSA) is 9.23 Å². The molecular weight excluding hydrogens is 196 g/mol. The molecule has 2 unspecified atom stereocenters. The number of hydrogen-bond acceptors (Lipinski definition) is 1. The zero-order valence-corrected chi connectivity index (χ0v) is 9.34. The van der Waals surface area contributed by atoms with Gasteiger partial charge >= 0.3 is 0 Å². The number of rotatable bonds is 2. The Bertz CT molecular complexity index is 335. The van der Waals surface area contributed by atoms with Crippen molar-refractivity contribution in [3.8, 4) is 5.75 Å². The Hall–Kier alpha value is -0.690. The van der Waals surface area contributed by atoms with Gasteiger partial charge in [-0.2, -0.15) is 0 Å². The fourth-order valence-electron chi connectivity index (χ4n) is 2.09. The smallest absolute Gasteiger partial charge is 0.119 e. The first-order valence-electron chi connectivity index (χ1n) is 5.13. The van der Waals surface area contributed by atoms with Crippen molar-refractivity contribution in [1.82, 2.24) is 0 Å². The van der Waals surface area contributed by atoms with Crippen LogP contribution in [0.2, 0.25) is 0 Å². The summed E-state index contributed by atoms with van der Waals surface area (Å²) in [7, 11) is 0. The number of hydrogen-bond donors (Lipinski definition) is 0. The predicted octanol–water partition coefficient (Wildman–Crippen LogP) is 3.87. The van der Waals surface area contributed by atoms with Gasteiger partial charge in [-0.05, 0) is 42.5 Å².